The topological polar surface area (TPSA) is 26.3 Å². The summed E-state index contributed by atoms with van der Waals surface area (Å²) in [7, 11) is 1.38. The average molecular weight is 302 g/mol. The van der Waals surface area contributed by atoms with Crippen LogP contribution in [0.5, 0.6) is 0 Å². The molecule has 0 saturated carbocycles. The Kier molecular flexibility index (Phi) is 7.37. The monoisotopic (exact) mass is 302 g/mol. The highest BCUT2D eigenvalue weighted by atomic mass is 16.5. The number of allylic oxidation sites excluding steroid dienone is 7. The lowest BCUT2D eigenvalue weighted by Gasteiger charge is -2.34. The summed E-state index contributed by atoms with van der Waals surface area (Å²) in [6.07, 6.45) is 15.2. The molecule has 0 aromatic carbocycles. The fourth-order valence-corrected chi connectivity index (χ4v) is 3.12. The molecule has 0 amide bonds. The van der Waals surface area contributed by atoms with E-state index < -0.39 is 0 Å². The zero-order valence-electron chi connectivity index (χ0n) is 14.7. The maximum Gasteiger partial charge on any atom is 0.330 e. The number of methoxy groups -OCH3 is 1. The molecule has 1 aliphatic carbocycles. The predicted molar refractivity (Wildman–Crippen MR) is 93.6 cm³/mol. The van der Waals surface area contributed by atoms with Crippen LogP contribution in [0.4, 0.5) is 0 Å². The number of carbonyl (C=O) groups excluding carboxylic acids is 1. The molecule has 0 atom stereocenters. The molecule has 0 N–H and O–H groups in total. The first-order valence-corrected chi connectivity index (χ1v) is 8.14. The fourth-order valence-electron chi connectivity index (χ4n) is 3.12. The van der Waals surface area contributed by atoms with E-state index in [2.05, 4.69) is 38.5 Å². The van der Waals surface area contributed by atoms with Crippen molar-refractivity contribution in [1.29, 1.82) is 0 Å². The molecule has 0 spiro atoms. The van der Waals surface area contributed by atoms with Gasteiger partial charge in [-0.25, -0.2) is 4.79 Å². The van der Waals surface area contributed by atoms with Crippen LogP contribution in [-0.4, -0.2) is 13.1 Å². The van der Waals surface area contributed by atoms with Crippen molar-refractivity contribution in [2.45, 2.75) is 59.8 Å². The summed E-state index contributed by atoms with van der Waals surface area (Å²) in [6.45, 7) is 9.22. The lowest BCUT2D eigenvalue weighted by Crippen LogP contribution is -2.20. The molecule has 0 aromatic heterocycles. The molecule has 1 aliphatic rings. The van der Waals surface area contributed by atoms with Gasteiger partial charge in [-0.1, -0.05) is 54.9 Å². The Balaban J connectivity index is 2.53. The minimum absolute atomic E-state index is 0.327. The molecule has 0 aliphatic heterocycles. The molecule has 0 aromatic rings. The fraction of sp³-hybridized carbons (Fsp3) is 0.550. The molecule has 2 heteroatoms. The van der Waals surface area contributed by atoms with E-state index in [4.69, 9.17) is 0 Å². The van der Waals surface area contributed by atoms with Crippen LogP contribution in [0, 0.1) is 5.41 Å². The van der Waals surface area contributed by atoms with E-state index in [0.717, 1.165) is 12.8 Å². The van der Waals surface area contributed by atoms with Crippen molar-refractivity contribution < 1.29 is 9.53 Å². The summed E-state index contributed by atoms with van der Waals surface area (Å²) < 4.78 is 4.53. The average Bonchev–Trinajstić information content (AvgIpc) is 2.45. The highest BCUT2D eigenvalue weighted by molar-refractivity contribution is 5.82. The van der Waals surface area contributed by atoms with Crippen LogP contribution in [0.1, 0.15) is 59.8 Å². The molecule has 0 saturated heterocycles. The van der Waals surface area contributed by atoms with Crippen LogP contribution in [0.25, 0.3) is 0 Å². The van der Waals surface area contributed by atoms with Gasteiger partial charge in [0, 0.05) is 6.08 Å². The maximum atomic E-state index is 10.9. The second-order valence-electron chi connectivity index (χ2n) is 6.78. The van der Waals surface area contributed by atoms with Gasteiger partial charge in [0.1, 0.15) is 0 Å². The quantitative estimate of drug-likeness (QED) is 0.279. The molecule has 22 heavy (non-hydrogen) atoms. The Hall–Kier alpha value is -1.57. The highest BCUT2D eigenvalue weighted by Crippen LogP contribution is 2.42. The molecule has 0 radical (unpaired) electrons. The summed E-state index contributed by atoms with van der Waals surface area (Å²) in [6, 6.07) is 0. The smallest absolute Gasteiger partial charge is 0.330 e. The van der Waals surface area contributed by atoms with Crippen LogP contribution in [-0.2, 0) is 9.53 Å². The molecule has 0 heterocycles. The van der Waals surface area contributed by atoms with Crippen molar-refractivity contribution >= 4 is 5.97 Å². The summed E-state index contributed by atoms with van der Waals surface area (Å²) in [5.74, 6) is -0.327. The normalized spacial score (nSPS) is 19.2. The first-order chi connectivity index (χ1) is 10.4. The van der Waals surface area contributed by atoms with Crippen molar-refractivity contribution in [3.05, 3.63) is 47.1 Å². The SMILES string of the molecule is COC(=O)/C=C/C=C/C=C(\C)CCC1=C(C)CCCC1(C)C. The van der Waals surface area contributed by atoms with Crippen molar-refractivity contribution in [3.63, 3.8) is 0 Å². The molecule has 0 fully saturated rings. The van der Waals surface area contributed by atoms with E-state index in [9.17, 15) is 4.79 Å². The lowest BCUT2D eigenvalue weighted by atomic mass is 9.71. The van der Waals surface area contributed by atoms with Gasteiger partial charge in [0.15, 0.2) is 0 Å². The van der Waals surface area contributed by atoms with Gasteiger partial charge < -0.3 is 4.74 Å². The molecule has 1 rings (SSSR count). The minimum atomic E-state index is -0.327. The summed E-state index contributed by atoms with van der Waals surface area (Å²) in [5.41, 5.74) is 4.98. The standard InChI is InChI=1S/C20H30O2/c1-16(10-7-6-8-12-19(21)22-5)13-14-18-17(2)11-9-15-20(18,3)4/h6-8,10,12H,9,11,13-15H2,1-5H3/b7-6+,12-8+,16-10+. The minimum Gasteiger partial charge on any atom is -0.466 e. The van der Waals surface area contributed by atoms with Gasteiger partial charge in [-0.15, -0.1) is 0 Å². The van der Waals surface area contributed by atoms with E-state index in [1.54, 1.807) is 17.2 Å². The second-order valence-corrected chi connectivity index (χ2v) is 6.78. The third-order valence-corrected chi connectivity index (χ3v) is 4.49. The maximum absolute atomic E-state index is 10.9. The summed E-state index contributed by atoms with van der Waals surface area (Å²) >= 11 is 0. The van der Waals surface area contributed by atoms with Gasteiger partial charge >= 0.3 is 5.97 Å². The van der Waals surface area contributed by atoms with Crippen LogP contribution in [0.2, 0.25) is 0 Å². The molecule has 122 valence electrons. The first kappa shape index (κ1) is 18.5. The second kappa shape index (κ2) is 8.77. The van der Waals surface area contributed by atoms with Gasteiger partial charge in [0.2, 0.25) is 0 Å². The van der Waals surface area contributed by atoms with Gasteiger partial charge in [-0.3, -0.25) is 0 Å². The van der Waals surface area contributed by atoms with Crippen molar-refractivity contribution in [2.24, 2.45) is 5.41 Å². The van der Waals surface area contributed by atoms with Crippen molar-refractivity contribution in [2.75, 3.05) is 7.11 Å². The number of carbonyl (C=O) groups is 1. The van der Waals surface area contributed by atoms with E-state index >= 15 is 0 Å². The Morgan fingerprint density at radius 2 is 2.00 bits per heavy atom. The van der Waals surface area contributed by atoms with Crippen LogP contribution >= 0.6 is 0 Å². The van der Waals surface area contributed by atoms with Gasteiger partial charge in [-0.2, -0.15) is 0 Å². The summed E-state index contributed by atoms with van der Waals surface area (Å²) in [4.78, 5) is 10.9. The summed E-state index contributed by atoms with van der Waals surface area (Å²) in [5, 5.41) is 0. The van der Waals surface area contributed by atoms with Gasteiger partial charge in [0.25, 0.3) is 0 Å². The Labute approximate surface area is 135 Å². The van der Waals surface area contributed by atoms with Crippen LogP contribution in [0.15, 0.2) is 47.1 Å². The van der Waals surface area contributed by atoms with E-state index in [1.807, 2.05) is 12.2 Å². The Morgan fingerprint density at radius 1 is 1.27 bits per heavy atom. The van der Waals surface area contributed by atoms with Crippen molar-refractivity contribution in [1.82, 2.24) is 0 Å². The molecule has 2 nitrogen and oxygen atoms in total. The number of hydrogen-bond donors (Lipinski definition) is 0. The molecule has 0 unspecified atom stereocenters. The Bertz CT molecular complexity index is 502. The van der Waals surface area contributed by atoms with Gasteiger partial charge in [-0.05, 0) is 51.4 Å². The van der Waals surface area contributed by atoms with E-state index in [1.165, 1.54) is 38.0 Å². The van der Waals surface area contributed by atoms with Crippen LogP contribution < -0.4 is 0 Å². The number of esters is 1. The molecular weight excluding hydrogens is 272 g/mol. The zero-order valence-corrected chi connectivity index (χ0v) is 14.7. The zero-order chi connectivity index (χ0) is 16.6. The number of ether oxygens (including phenoxy) is 1. The van der Waals surface area contributed by atoms with E-state index in [0.29, 0.717) is 5.41 Å². The molecule has 0 bridgehead atoms. The third kappa shape index (κ3) is 6.05. The first-order valence-electron chi connectivity index (χ1n) is 8.14. The largest absolute Gasteiger partial charge is 0.466 e. The van der Waals surface area contributed by atoms with E-state index in [-0.39, 0.29) is 5.97 Å². The lowest BCUT2D eigenvalue weighted by molar-refractivity contribution is -0.134. The van der Waals surface area contributed by atoms with Crippen LogP contribution in [0.3, 0.4) is 0 Å². The number of hydrogen-bond acceptors (Lipinski definition) is 2. The predicted octanol–water partition coefficient (Wildman–Crippen LogP) is 5.52. The number of rotatable bonds is 6. The Morgan fingerprint density at radius 3 is 2.64 bits per heavy atom. The van der Waals surface area contributed by atoms with Crippen molar-refractivity contribution in [3.8, 4) is 0 Å². The third-order valence-electron chi connectivity index (χ3n) is 4.49. The molecular formula is C20H30O2. The van der Waals surface area contributed by atoms with Gasteiger partial charge in [0.05, 0.1) is 7.11 Å². The highest BCUT2D eigenvalue weighted by Gasteiger charge is 2.27.